The van der Waals surface area contributed by atoms with Crippen LogP contribution in [0.5, 0.6) is 0 Å². The molecule has 0 spiro atoms. The van der Waals surface area contributed by atoms with E-state index >= 15 is 0 Å². The van der Waals surface area contributed by atoms with Crippen molar-refractivity contribution in [2.75, 3.05) is 11.1 Å². The molecule has 4 aromatic rings. The van der Waals surface area contributed by atoms with E-state index < -0.39 is 4.92 Å². The van der Waals surface area contributed by atoms with Gasteiger partial charge >= 0.3 is 0 Å². The minimum atomic E-state index is -0.462. The molecule has 0 unspecified atom stereocenters. The smallest absolute Gasteiger partial charge is 0.277 e. The number of nitrogens with one attached hydrogen (secondary N) is 1. The van der Waals surface area contributed by atoms with Crippen molar-refractivity contribution >= 4 is 39.8 Å². The Morgan fingerprint density at radius 1 is 1.13 bits per heavy atom. The van der Waals surface area contributed by atoms with Gasteiger partial charge in [-0.3, -0.25) is 14.9 Å². The van der Waals surface area contributed by atoms with Crippen molar-refractivity contribution in [1.29, 1.82) is 0 Å². The summed E-state index contributed by atoms with van der Waals surface area (Å²) in [6.45, 7) is 0. The van der Waals surface area contributed by atoms with Gasteiger partial charge in [0.15, 0.2) is 5.13 Å². The van der Waals surface area contributed by atoms with E-state index in [0.717, 1.165) is 17.3 Å². The molecule has 0 saturated heterocycles. The highest BCUT2D eigenvalue weighted by Crippen LogP contribution is 2.28. The number of hydrogen-bond donors (Lipinski definition) is 1. The zero-order chi connectivity index (χ0) is 20.9. The molecule has 2 aromatic heterocycles. The number of amides is 1. The predicted molar refractivity (Wildman–Crippen MR) is 113 cm³/mol. The van der Waals surface area contributed by atoms with Crippen LogP contribution in [0.2, 0.25) is 0 Å². The number of thiazole rings is 1. The van der Waals surface area contributed by atoms with Crippen LogP contribution >= 0.6 is 23.1 Å². The number of rotatable bonds is 7. The van der Waals surface area contributed by atoms with E-state index in [9.17, 15) is 14.9 Å². The van der Waals surface area contributed by atoms with E-state index in [1.807, 2.05) is 30.3 Å². The number of non-ortho nitro benzene ring substituents is 1. The molecule has 0 aliphatic heterocycles. The maximum absolute atomic E-state index is 12.2. The number of nitro groups is 1. The average Bonchev–Trinajstić information content (AvgIpc) is 3.43. The van der Waals surface area contributed by atoms with E-state index in [0.29, 0.717) is 27.5 Å². The molecule has 0 atom stereocenters. The van der Waals surface area contributed by atoms with Crippen LogP contribution in [0.25, 0.3) is 22.7 Å². The lowest BCUT2D eigenvalue weighted by atomic mass is 10.1. The first-order valence-electron chi connectivity index (χ1n) is 8.60. The van der Waals surface area contributed by atoms with Crippen molar-refractivity contribution in [3.05, 3.63) is 70.1 Å². The Morgan fingerprint density at radius 3 is 2.73 bits per heavy atom. The van der Waals surface area contributed by atoms with E-state index in [2.05, 4.69) is 20.5 Å². The molecule has 11 heteroatoms. The molecule has 0 radical (unpaired) electrons. The monoisotopic (exact) mass is 439 g/mol. The Labute approximate surface area is 178 Å². The zero-order valence-corrected chi connectivity index (χ0v) is 16.9. The summed E-state index contributed by atoms with van der Waals surface area (Å²) in [5.41, 5.74) is 1.94. The zero-order valence-electron chi connectivity index (χ0n) is 15.2. The summed E-state index contributed by atoms with van der Waals surface area (Å²) >= 11 is 2.36. The number of carbonyl (C=O) groups is 1. The first kappa shape index (κ1) is 19.7. The van der Waals surface area contributed by atoms with Gasteiger partial charge in [0.05, 0.1) is 16.4 Å². The van der Waals surface area contributed by atoms with Gasteiger partial charge in [0, 0.05) is 28.6 Å². The normalized spacial score (nSPS) is 10.7. The van der Waals surface area contributed by atoms with Crippen molar-refractivity contribution < 1.29 is 14.1 Å². The second-order valence-corrected chi connectivity index (χ2v) is 7.71. The fourth-order valence-corrected chi connectivity index (χ4v) is 3.79. The van der Waals surface area contributed by atoms with Gasteiger partial charge in [-0.05, 0) is 12.1 Å². The van der Waals surface area contributed by atoms with Gasteiger partial charge in [0.1, 0.15) is 0 Å². The third-order valence-corrected chi connectivity index (χ3v) is 5.43. The Bertz CT molecular complexity index is 1190. The van der Waals surface area contributed by atoms with E-state index in [1.54, 1.807) is 17.5 Å². The van der Waals surface area contributed by atoms with Gasteiger partial charge in [-0.1, -0.05) is 42.1 Å². The molecular formula is C19H13N5O4S2. The van der Waals surface area contributed by atoms with Gasteiger partial charge in [-0.15, -0.1) is 21.5 Å². The second kappa shape index (κ2) is 8.84. The molecule has 30 heavy (non-hydrogen) atoms. The van der Waals surface area contributed by atoms with Gasteiger partial charge in [0.25, 0.3) is 10.9 Å². The molecule has 4 rings (SSSR count). The van der Waals surface area contributed by atoms with Crippen LogP contribution in [0, 0.1) is 10.1 Å². The first-order valence-corrected chi connectivity index (χ1v) is 10.5. The minimum absolute atomic E-state index is 0.0167. The van der Waals surface area contributed by atoms with Gasteiger partial charge in [-0.25, -0.2) is 4.98 Å². The van der Waals surface area contributed by atoms with E-state index in [-0.39, 0.29) is 17.3 Å². The number of carbonyl (C=O) groups excluding carboxylic acids is 1. The molecular weight excluding hydrogens is 426 g/mol. The number of nitro benzene ring substituents is 1. The summed E-state index contributed by atoms with van der Waals surface area (Å²) in [6.07, 6.45) is 0. The lowest BCUT2D eigenvalue weighted by molar-refractivity contribution is -0.384. The average molecular weight is 439 g/mol. The molecule has 150 valence electrons. The summed E-state index contributed by atoms with van der Waals surface area (Å²) in [7, 11) is 0. The SMILES string of the molecule is O=C(CSc1nnc(-c2ccccc2)o1)Nc1nc(-c2cccc([N+](=O)[O-])c2)cs1. The van der Waals surface area contributed by atoms with Gasteiger partial charge < -0.3 is 9.73 Å². The van der Waals surface area contributed by atoms with Crippen molar-refractivity contribution in [3.63, 3.8) is 0 Å². The van der Waals surface area contributed by atoms with Crippen LogP contribution in [0.4, 0.5) is 10.8 Å². The predicted octanol–water partition coefficient (Wildman–Crippen LogP) is 4.50. The van der Waals surface area contributed by atoms with Crippen LogP contribution in [0.3, 0.4) is 0 Å². The summed E-state index contributed by atoms with van der Waals surface area (Å²) in [4.78, 5) is 27.0. The van der Waals surface area contributed by atoms with Crippen molar-refractivity contribution in [2.45, 2.75) is 5.22 Å². The Morgan fingerprint density at radius 2 is 1.93 bits per heavy atom. The fourth-order valence-electron chi connectivity index (χ4n) is 2.49. The van der Waals surface area contributed by atoms with Crippen LogP contribution in [0.1, 0.15) is 0 Å². The molecule has 1 N–H and O–H groups in total. The lowest BCUT2D eigenvalue weighted by Gasteiger charge is -1.99. The second-order valence-electron chi connectivity index (χ2n) is 5.92. The molecule has 2 heterocycles. The summed E-state index contributed by atoms with van der Waals surface area (Å²) in [5, 5.41) is 24.0. The van der Waals surface area contributed by atoms with Crippen LogP contribution in [-0.4, -0.2) is 31.8 Å². The van der Waals surface area contributed by atoms with E-state index in [4.69, 9.17) is 4.42 Å². The number of nitrogens with zero attached hydrogens (tertiary/aromatic N) is 4. The number of aromatic nitrogens is 3. The van der Waals surface area contributed by atoms with Crippen LogP contribution < -0.4 is 5.32 Å². The molecule has 9 nitrogen and oxygen atoms in total. The first-order chi connectivity index (χ1) is 14.6. The summed E-state index contributed by atoms with van der Waals surface area (Å²) in [6, 6.07) is 15.5. The Kier molecular flexibility index (Phi) is 5.82. The van der Waals surface area contributed by atoms with Crippen molar-refractivity contribution in [2.24, 2.45) is 0 Å². The van der Waals surface area contributed by atoms with E-state index in [1.165, 1.54) is 23.5 Å². The fraction of sp³-hybridized carbons (Fsp3) is 0.0526. The quantitative estimate of drug-likeness (QED) is 0.254. The molecule has 0 aliphatic carbocycles. The summed E-state index contributed by atoms with van der Waals surface area (Å²) < 4.78 is 5.56. The summed E-state index contributed by atoms with van der Waals surface area (Å²) in [5.74, 6) is 0.182. The highest BCUT2D eigenvalue weighted by Gasteiger charge is 2.14. The van der Waals surface area contributed by atoms with Crippen LogP contribution in [-0.2, 0) is 4.79 Å². The minimum Gasteiger partial charge on any atom is -0.411 e. The maximum Gasteiger partial charge on any atom is 0.277 e. The van der Waals surface area contributed by atoms with Gasteiger partial charge in [0.2, 0.25) is 11.8 Å². The molecule has 2 aromatic carbocycles. The molecule has 0 bridgehead atoms. The molecule has 0 fully saturated rings. The Hall–Kier alpha value is -3.57. The third-order valence-electron chi connectivity index (χ3n) is 3.86. The number of anilines is 1. The van der Waals surface area contributed by atoms with Gasteiger partial charge in [-0.2, -0.15) is 0 Å². The standard InChI is InChI=1S/C19H13N5O4S2/c25-16(11-30-19-23-22-17(28-19)12-5-2-1-3-6-12)21-18-20-15(10-29-18)13-7-4-8-14(9-13)24(26)27/h1-10H,11H2,(H,20,21,25). The number of thioether (sulfide) groups is 1. The highest BCUT2D eigenvalue weighted by molar-refractivity contribution is 7.99. The maximum atomic E-state index is 12.2. The Balaban J connectivity index is 1.35. The largest absolute Gasteiger partial charge is 0.411 e. The number of benzene rings is 2. The van der Waals surface area contributed by atoms with Crippen molar-refractivity contribution in [3.8, 4) is 22.7 Å². The number of hydrogen-bond acceptors (Lipinski definition) is 9. The highest BCUT2D eigenvalue weighted by atomic mass is 32.2. The van der Waals surface area contributed by atoms with Crippen molar-refractivity contribution in [1.82, 2.24) is 15.2 Å². The molecule has 0 saturated carbocycles. The topological polar surface area (TPSA) is 124 Å². The van der Waals surface area contributed by atoms with Crippen LogP contribution in [0.15, 0.2) is 69.6 Å². The molecule has 0 aliphatic rings. The lowest BCUT2D eigenvalue weighted by Crippen LogP contribution is -2.13. The third kappa shape index (κ3) is 4.70. The molecule has 1 amide bonds.